The van der Waals surface area contributed by atoms with E-state index in [4.69, 9.17) is 21.6 Å². The number of rotatable bonds is 13. The van der Waals surface area contributed by atoms with Crippen molar-refractivity contribution in [2.24, 2.45) is 0 Å². The van der Waals surface area contributed by atoms with Gasteiger partial charge in [0.25, 0.3) is 0 Å². The Morgan fingerprint density at radius 2 is 0.892 bits per heavy atom. The van der Waals surface area contributed by atoms with Gasteiger partial charge in [-0.2, -0.15) is 0 Å². The van der Waals surface area contributed by atoms with Crippen LogP contribution in [0, 0.1) is 0 Å². The minimum absolute atomic E-state index is 0.0211. The first kappa shape index (κ1) is 49.5. The third kappa shape index (κ3) is 12.8. The van der Waals surface area contributed by atoms with E-state index in [2.05, 4.69) is 77.5 Å². The van der Waals surface area contributed by atoms with Crippen molar-refractivity contribution in [1.29, 1.82) is 0 Å². The number of fused-ring (bicyclic) bond motifs is 2. The van der Waals surface area contributed by atoms with E-state index in [1.54, 1.807) is 0 Å². The second kappa shape index (κ2) is 23.7. The molecule has 0 bridgehead atoms. The van der Waals surface area contributed by atoms with E-state index in [0.29, 0.717) is 12.8 Å². The molecule has 2 amide bonds. The Morgan fingerprint density at radius 3 is 1.34 bits per heavy atom. The second-order valence-corrected chi connectivity index (χ2v) is 19.1. The molecule has 12 nitrogen and oxygen atoms in total. The fourth-order valence-electron chi connectivity index (χ4n) is 9.43. The van der Waals surface area contributed by atoms with Gasteiger partial charge >= 0.3 is 0 Å². The Kier molecular flexibility index (Phi) is 15.9. The fraction of sp³-hybridized carbons (Fsp3) is 0.213. The Balaban J connectivity index is 0.000000172. The summed E-state index contributed by atoms with van der Waals surface area (Å²) in [6.45, 7) is 11.9. The maximum absolute atomic E-state index is 12.4. The summed E-state index contributed by atoms with van der Waals surface area (Å²) in [5.41, 5.74) is 12.5. The molecular weight excluding hydrogens is 940 g/mol. The third-order valence-corrected chi connectivity index (χ3v) is 14.0. The van der Waals surface area contributed by atoms with Gasteiger partial charge in [-0.15, -0.1) is 0 Å². The normalized spacial score (nSPS) is 14.1. The van der Waals surface area contributed by atoms with Crippen molar-refractivity contribution in [3.63, 3.8) is 0 Å². The number of carbonyl (C=O) groups is 2. The van der Waals surface area contributed by atoms with Crippen molar-refractivity contribution in [3.8, 4) is 22.3 Å². The molecule has 0 aliphatic carbocycles. The van der Waals surface area contributed by atoms with Crippen LogP contribution in [0.5, 0.6) is 0 Å². The molecule has 9 aromatic rings. The van der Waals surface area contributed by atoms with Crippen LogP contribution in [0.4, 0.5) is 23.0 Å². The number of halogens is 1. The van der Waals surface area contributed by atoms with Crippen LogP contribution in [-0.2, 0) is 29.0 Å². The highest BCUT2D eigenvalue weighted by Crippen LogP contribution is 2.28. The average molecular weight is 1000 g/mol. The molecule has 2 saturated heterocycles. The van der Waals surface area contributed by atoms with E-state index in [1.165, 1.54) is 5.56 Å². The zero-order chi connectivity index (χ0) is 50.6. The first-order chi connectivity index (χ1) is 36.3. The number of nitrogens with one attached hydrogen (secondary N) is 2. The van der Waals surface area contributed by atoms with Gasteiger partial charge in [-0.3, -0.25) is 24.5 Å². The number of hydrogen-bond donors (Lipinski definition) is 2. The summed E-state index contributed by atoms with van der Waals surface area (Å²) in [5.74, 6) is 1.79. The number of carbonyl (C=O) groups excluding carboxylic acids is 2. The maximum atomic E-state index is 12.4. The monoisotopic (exact) mass is 998 g/mol. The van der Waals surface area contributed by atoms with Gasteiger partial charge in [-0.25, -0.2) is 9.97 Å². The molecule has 2 N–H and O–H groups in total. The number of anilines is 4. The molecular formula is C61H59ClN10O2. The molecule has 2 fully saturated rings. The minimum Gasteiger partial charge on any atom is -0.353 e. The zero-order valence-electron chi connectivity index (χ0n) is 41.6. The summed E-state index contributed by atoms with van der Waals surface area (Å²) >= 11 is 6.36. The Morgan fingerprint density at radius 1 is 0.473 bits per heavy atom. The molecule has 7 aromatic carbocycles. The predicted octanol–water partition coefficient (Wildman–Crippen LogP) is 11.1. The van der Waals surface area contributed by atoms with Gasteiger partial charge in [0.1, 0.15) is 11.6 Å². The lowest BCUT2D eigenvalue weighted by molar-refractivity contribution is -0.116. The lowest BCUT2D eigenvalue weighted by atomic mass is 10.0. The first-order valence-corrected chi connectivity index (χ1v) is 25.8. The molecule has 0 atom stereocenters. The van der Waals surface area contributed by atoms with Crippen molar-refractivity contribution in [1.82, 2.24) is 29.7 Å². The number of amides is 2. The lowest BCUT2D eigenvalue weighted by Gasteiger charge is -2.35. The molecule has 2 aliphatic heterocycles. The number of likely N-dealkylation sites (N-methyl/N-ethyl adjacent to an activating group) is 1. The molecule has 0 radical (unpaired) electrons. The molecule has 0 spiro atoms. The fourth-order valence-corrected chi connectivity index (χ4v) is 9.62. The van der Waals surface area contributed by atoms with Gasteiger partial charge in [-0.05, 0) is 100 Å². The standard InChI is InChI=1S/C33H30ClN5O.C28H29N5O/c34-29-9-5-4-8-27(29)23-38-16-18-39(19-17-38)32-22-35-30-15-12-26(21-31(30)37-32)25-10-13-28(14-11-25)36-33(40)20-24-6-2-1-3-7-24;1-2-32-14-16-33(17-15-32)27-20-29-25-13-10-23(19-26(25)31-27)22-8-11-24(12-9-22)30-28(34)18-21-6-4-3-5-7-21/h1-15,21-22H,16-20,23H2,(H,36,40);3-13,19-20H,2,14-18H2,1H3,(H,30,34). The van der Waals surface area contributed by atoms with Crippen molar-refractivity contribution in [3.05, 3.63) is 204 Å². The minimum atomic E-state index is -0.0304. The summed E-state index contributed by atoms with van der Waals surface area (Å²) in [7, 11) is 0. The van der Waals surface area contributed by atoms with Crippen LogP contribution < -0.4 is 20.4 Å². The molecule has 11 rings (SSSR count). The van der Waals surface area contributed by atoms with Crippen molar-refractivity contribution in [2.75, 3.05) is 79.3 Å². The van der Waals surface area contributed by atoms with E-state index in [9.17, 15) is 9.59 Å². The smallest absolute Gasteiger partial charge is 0.228 e. The van der Waals surface area contributed by atoms with Gasteiger partial charge in [0.2, 0.25) is 11.8 Å². The van der Waals surface area contributed by atoms with E-state index in [1.807, 2.05) is 152 Å². The summed E-state index contributed by atoms with van der Waals surface area (Å²) in [4.78, 5) is 53.5. The van der Waals surface area contributed by atoms with E-state index in [-0.39, 0.29) is 11.8 Å². The highest BCUT2D eigenvalue weighted by molar-refractivity contribution is 6.31. The van der Waals surface area contributed by atoms with Crippen LogP contribution in [0.25, 0.3) is 44.3 Å². The zero-order valence-corrected chi connectivity index (χ0v) is 42.3. The average Bonchev–Trinajstić information content (AvgIpc) is 3.44. The van der Waals surface area contributed by atoms with Crippen LogP contribution in [0.2, 0.25) is 5.02 Å². The molecule has 4 heterocycles. The quantitative estimate of drug-likeness (QED) is 0.115. The molecule has 74 heavy (non-hydrogen) atoms. The summed E-state index contributed by atoms with van der Waals surface area (Å²) in [5, 5.41) is 6.79. The molecule has 372 valence electrons. The Hall–Kier alpha value is -8.03. The van der Waals surface area contributed by atoms with Crippen molar-refractivity contribution in [2.45, 2.75) is 26.3 Å². The van der Waals surface area contributed by atoms with Crippen LogP contribution in [0.3, 0.4) is 0 Å². The summed E-state index contributed by atoms with van der Waals surface area (Å²) in [6.07, 6.45) is 4.47. The number of benzene rings is 7. The summed E-state index contributed by atoms with van der Waals surface area (Å²) in [6, 6.07) is 55.8. The number of hydrogen-bond acceptors (Lipinski definition) is 10. The first-order valence-electron chi connectivity index (χ1n) is 25.4. The lowest BCUT2D eigenvalue weighted by Crippen LogP contribution is -2.46. The third-order valence-electron chi connectivity index (χ3n) is 13.7. The molecule has 2 aromatic heterocycles. The van der Waals surface area contributed by atoms with Crippen LogP contribution >= 0.6 is 11.6 Å². The Bertz CT molecular complexity index is 3330. The molecule has 0 unspecified atom stereocenters. The topological polar surface area (TPSA) is 123 Å². The Labute approximate surface area is 437 Å². The van der Waals surface area contributed by atoms with Crippen molar-refractivity contribution < 1.29 is 9.59 Å². The maximum Gasteiger partial charge on any atom is 0.228 e. The van der Waals surface area contributed by atoms with Gasteiger partial charge in [-0.1, -0.05) is 134 Å². The van der Waals surface area contributed by atoms with Gasteiger partial charge in [0.15, 0.2) is 0 Å². The number of nitrogens with zero attached hydrogens (tertiary/aromatic N) is 8. The molecule has 0 saturated carbocycles. The SMILES string of the molecule is CCN1CCN(c2cnc3ccc(-c4ccc(NC(=O)Cc5ccccc5)cc4)cc3n2)CC1.O=C(Cc1ccccc1)Nc1ccc(-c2ccc3ncc(N4CCN(Cc5ccccc5Cl)CC4)nc3c2)cc1. The van der Waals surface area contributed by atoms with Gasteiger partial charge < -0.3 is 25.3 Å². The van der Waals surface area contributed by atoms with Gasteiger partial charge in [0.05, 0.1) is 47.3 Å². The highest BCUT2D eigenvalue weighted by Gasteiger charge is 2.21. The largest absolute Gasteiger partial charge is 0.353 e. The van der Waals surface area contributed by atoms with E-state index < -0.39 is 0 Å². The number of piperazine rings is 2. The molecule has 13 heteroatoms. The van der Waals surface area contributed by atoms with Crippen molar-refractivity contribution >= 4 is 68.5 Å². The molecule has 2 aliphatic rings. The van der Waals surface area contributed by atoms with Crippen LogP contribution in [0.1, 0.15) is 23.6 Å². The predicted molar refractivity (Wildman–Crippen MR) is 301 cm³/mol. The summed E-state index contributed by atoms with van der Waals surface area (Å²) < 4.78 is 0. The highest BCUT2D eigenvalue weighted by atomic mass is 35.5. The second-order valence-electron chi connectivity index (χ2n) is 18.7. The van der Waals surface area contributed by atoms with E-state index >= 15 is 0 Å². The number of aromatic nitrogens is 4. The van der Waals surface area contributed by atoms with Crippen LogP contribution in [-0.4, -0.2) is 100 Å². The van der Waals surface area contributed by atoms with E-state index in [0.717, 1.165) is 149 Å². The van der Waals surface area contributed by atoms with Crippen LogP contribution in [0.15, 0.2) is 182 Å². The van der Waals surface area contributed by atoms with Gasteiger partial charge in [0, 0.05) is 75.3 Å².